The number of hydrogen-bond acceptors (Lipinski definition) is 2. The Morgan fingerprint density at radius 2 is 2.29 bits per heavy atom. The quantitative estimate of drug-likeness (QED) is 0.879. The van der Waals surface area contributed by atoms with Gasteiger partial charge in [0, 0.05) is 24.9 Å². The highest BCUT2D eigenvalue weighted by Crippen LogP contribution is 2.29. The summed E-state index contributed by atoms with van der Waals surface area (Å²) in [6.45, 7) is 0. The van der Waals surface area contributed by atoms with Crippen molar-refractivity contribution in [3.63, 3.8) is 0 Å². The van der Waals surface area contributed by atoms with Crippen LogP contribution in [0.3, 0.4) is 0 Å². The lowest BCUT2D eigenvalue weighted by Gasteiger charge is -2.25. The first-order valence-electron chi connectivity index (χ1n) is 7.27. The van der Waals surface area contributed by atoms with Gasteiger partial charge in [-0.1, -0.05) is 24.3 Å². The lowest BCUT2D eigenvalue weighted by molar-refractivity contribution is -0.117. The van der Waals surface area contributed by atoms with Crippen molar-refractivity contribution in [2.24, 2.45) is 7.05 Å². The van der Waals surface area contributed by atoms with Crippen molar-refractivity contribution < 1.29 is 4.79 Å². The van der Waals surface area contributed by atoms with E-state index in [1.165, 1.54) is 11.1 Å². The Balaban J connectivity index is 1.67. The summed E-state index contributed by atoms with van der Waals surface area (Å²) in [4.78, 5) is 12.1. The molecule has 4 nitrogen and oxygen atoms in total. The van der Waals surface area contributed by atoms with E-state index in [0.717, 1.165) is 24.8 Å². The second-order valence-corrected chi connectivity index (χ2v) is 5.43. The average molecular weight is 281 g/mol. The van der Waals surface area contributed by atoms with Crippen LogP contribution in [0.1, 0.15) is 35.6 Å². The van der Waals surface area contributed by atoms with E-state index in [1.807, 2.05) is 19.3 Å². The van der Waals surface area contributed by atoms with Crippen LogP contribution in [0, 0.1) is 0 Å². The zero-order chi connectivity index (χ0) is 14.7. The Morgan fingerprint density at radius 1 is 1.43 bits per heavy atom. The highest BCUT2D eigenvalue weighted by molar-refractivity contribution is 5.91. The molecule has 21 heavy (non-hydrogen) atoms. The number of nitrogens with zero attached hydrogens (tertiary/aromatic N) is 2. The number of fused-ring (bicyclic) bond motifs is 1. The number of amides is 1. The zero-order valence-electron chi connectivity index (χ0n) is 12.1. The number of aromatic nitrogens is 2. The van der Waals surface area contributed by atoms with Crippen LogP contribution >= 0.6 is 0 Å². The van der Waals surface area contributed by atoms with Crippen LogP contribution in [0.5, 0.6) is 0 Å². The molecule has 0 spiro atoms. The molecule has 1 unspecified atom stereocenters. The molecule has 0 saturated heterocycles. The number of rotatable bonds is 3. The van der Waals surface area contributed by atoms with Crippen molar-refractivity contribution in [2.45, 2.75) is 25.3 Å². The molecule has 0 radical (unpaired) electrons. The number of aryl methyl sites for hydroxylation is 2. The van der Waals surface area contributed by atoms with Crippen LogP contribution in [0.2, 0.25) is 0 Å². The predicted octanol–water partition coefficient (Wildman–Crippen LogP) is 2.63. The minimum absolute atomic E-state index is 0.0550. The van der Waals surface area contributed by atoms with Gasteiger partial charge in [0.15, 0.2) is 0 Å². The highest BCUT2D eigenvalue weighted by Gasteiger charge is 2.20. The third-order valence-electron chi connectivity index (χ3n) is 3.84. The molecule has 1 aromatic heterocycles. The van der Waals surface area contributed by atoms with Gasteiger partial charge < -0.3 is 5.32 Å². The second kappa shape index (κ2) is 5.95. The van der Waals surface area contributed by atoms with E-state index in [0.29, 0.717) is 0 Å². The van der Waals surface area contributed by atoms with Gasteiger partial charge in [-0.2, -0.15) is 5.10 Å². The summed E-state index contributed by atoms with van der Waals surface area (Å²) in [5, 5.41) is 7.17. The summed E-state index contributed by atoms with van der Waals surface area (Å²) in [7, 11) is 1.86. The average Bonchev–Trinajstić information content (AvgIpc) is 2.91. The fraction of sp³-hybridized carbons (Fsp3) is 0.294. The van der Waals surface area contributed by atoms with Crippen LogP contribution < -0.4 is 5.32 Å². The van der Waals surface area contributed by atoms with Crippen molar-refractivity contribution in [2.75, 3.05) is 0 Å². The lowest BCUT2D eigenvalue weighted by Crippen LogP contribution is -2.29. The van der Waals surface area contributed by atoms with Gasteiger partial charge >= 0.3 is 0 Å². The standard InChI is InChI=1S/C17H19N3O/c1-20-12-13(11-18-20)9-10-17(21)19-16-8-4-6-14-5-2-3-7-15(14)16/h2-3,5,7,9-12,16H,4,6,8H2,1H3,(H,19,21). The maximum atomic E-state index is 12.1. The number of hydrogen-bond donors (Lipinski definition) is 1. The molecule has 108 valence electrons. The number of benzene rings is 1. The van der Waals surface area contributed by atoms with Crippen LogP contribution in [-0.4, -0.2) is 15.7 Å². The van der Waals surface area contributed by atoms with E-state index in [4.69, 9.17) is 0 Å². The first kappa shape index (κ1) is 13.6. The SMILES string of the molecule is Cn1cc(C=CC(=O)NC2CCCc3ccccc32)cn1. The van der Waals surface area contributed by atoms with Crippen LogP contribution in [0.4, 0.5) is 0 Å². The second-order valence-electron chi connectivity index (χ2n) is 5.43. The van der Waals surface area contributed by atoms with Gasteiger partial charge in [-0.3, -0.25) is 9.48 Å². The zero-order valence-corrected chi connectivity index (χ0v) is 12.1. The number of carbonyl (C=O) groups is 1. The fourth-order valence-electron chi connectivity index (χ4n) is 2.82. The van der Waals surface area contributed by atoms with Gasteiger partial charge in [-0.05, 0) is 36.5 Å². The largest absolute Gasteiger partial charge is 0.346 e. The minimum Gasteiger partial charge on any atom is -0.346 e. The Kier molecular flexibility index (Phi) is 3.86. The molecule has 1 amide bonds. The Morgan fingerprint density at radius 3 is 3.10 bits per heavy atom. The van der Waals surface area contributed by atoms with E-state index in [9.17, 15) is 4.79 Å². The van der Waals surface area contributed by atoms with Gasteiger partial charge in [0.25, 0.3) is 0 Å². The Labute approximate surface area is 124 Å². The van der Waals surface area contributed by atoms with Crippen molar-refractivity contribution >= 4 is 12.0 Å². The molecule has 1 N–H and O–H groups in total. The normalized spacial score (nSPS) is 17.7. The summed E-state index contributed by atoms with van der Waals surface area (Å²) in [6.07, 6.45) is 10.2. The van der Waals surface area contributed by atoms with Crippen LogP contribution in [0.15, 0.2) is 42.7 Å². The molecular weight excluding hydrogens is 262 g/mol. The van der Waals surface area contributed by atoms with E-state index in [2.05, 4.69) is 28.6 Å². The Bertz CT molecular complexity index is 672. The number of carbonyl (C=O) groups excluding carboxylic acids is 1. The van der Waals surface area contributed by atoms with E-state index < -0.39 is 0 Å². The minimum atomic E-state index is -0.0550. The summed E-state index contributed by atoms with van der Waals surface area (Å²) < 4.78 is 1.72. The lowest BCUT2D eigenvalue weighted by atomic mass is 9.88. The summed E-state index contributed by atoms with van der Waals surface area (Å²) in [5.74, 6) is -0.0550. The third kappa shape index (κ3) is 3.21. The molecule has 2 aromatic rings. The molecule has 1 heterocycles. The highest BCUT2D eigenvalue weighted by atomic mass is 16.1. The molecule has 0 fully saturated rings. The maximum absolute atomic E-state index is 12.1. The molecule has 3 rings (SSSR count). The topological polar surface area (TPSA) is 46.9 Å². The summed E-state index contributed by atoms with van der Waals surface area (Å²) in [5.41, 5.74) is 3.54. The molecule has 1 aliphatic rings. The van der Waals surface area contributed by atoms with Gasteiger partial charge in [-0.25, -0.2) is 0 Å². The van der Waals surface area contributed by atoms with E-state index in [-0.39, 0.29) is 11.9 Å². The van der Waals surface area contributed by atoms with Crippen LogP contribution in [0.25, 0.3) is 6.08 Å². The molecule has 1 aliphatic carbocycles. The molecule has 4 heteroatoms. The molecular formula is C17H19N3O. The molecule has 1 aromatic carbocycles. The van der Waals surface area contributed by atoms with Crippen molar-refractivity contribution in [1.29, 1.82) is 0 Å². The van der Waals surface area contributed by atoms with Crippen molar-refractivity contribution in [1.82, 2.24) is 15.1 Å². The van der Waals surface area contributed by atoms with Crippen molar-refractivity contribution in [3.8, 4) is 0 Å². The number of nitrogens with one attached hydrogen (secondary N) is 1. The third-order valence-corrected chi connectivity index (χ3v) is 3.84. The van der Waals surface area contributed by atoms with Gasteiger partial charge in [0.1, 0.15) is 0 Å². The van der Waals surface area contributed by atoms with Crippen LogP contribution in [-0.2, 0) is 18.3 Å². The first-order valence-corrected chi connectivity index (χ1v) is 7.27. The van der Waals surface area contributed by atoms with Gasteiger partial charge in [0.05, 0.1) is 12.2 Å². The predicted molar refractivity (Wildman–Crippen MR) is 82.5 cm³/mol. The summed E-state index contributed by atoms with van der Waals surface area (Å²) >= 11 is 0. The van der Waals surface area contributed by atoms with Gasteiger partial charge in [-0.15, -0.1) is 0 Å². The summed E-state index contributed by atoms with van der Waals surface area (Å²) in [6, 6.07) is 8.49. The first-order chi connectivity index (χ1) is 10.2. The van der Waals surface area contributed by atoms with Crippen molar-refractivity contribution in [3.05, 3.63) is 59.4 Å². The fourth-order valence-corrected chi connectivity index (χ4v) is 2.82. The maximum Gasteiger partial charge on any atom is 0.244 e. The van der Waals surface area contributed by atoms with E-state index >= 15 is 0 Å². The molecule has 0 saturated carbocycles. The Hall–Kier alpha value is -2.36. The monoisotopic (exact) mass is 281 g/mol. The molecule has 1 atom stereocenters. The smallest absolute Gasteiger partial charge is 0.244 e. The van der Waals surface area contributed by atoms with E-state index in [1.54, 1.807) is 23.0 Å². The van der Waals surface area contributed by atoms with Gasteiger partial charge in [0.2, 0.25) is 5.91 Å². The molecule has 0 aliphatic heterocycles. The molecule has 0 bridgehead atoms.